The van der Waals surface area contributed by atoms with Crippen molar-refractivity contribution in [2.75, 3.05) is 0 Å². The molecule has 0 radical (unpaired) electrons. The van der Waals surface area contributed by atoms with Crippen LogP contribution in [0.5, 0.6) is 11.5 Å². The molecule has 1 aromatic carbocycles. The molecular weight excluding hydrogens is 454 g/mol. The minimum absolute atomic E-state index is 0.0521. The first-order chi connectivity index (χ1) is 14.3. The van der Waals surface area contributed by atoms with Crippen LogP contribution in [0.25, 0.3) is 0 Å². The molecule has 0 aliphatic carbocycles. The summed E-state index contributed by atoms with van der Waals surface area (Å²) in [5.41, 5.74) is -2.40. The van der Waals surface area contributed by atoms with Gasteiger partial charge in [0.15, 0.2) is 11.5 Å². The predicted octanol–water partition coefficient (Wildman–Crippen LogP) is 7.14. The first-order valence-electron chi connectivity index (χ1n) is 10.8. The normalized spacial score (nSPS) is 37.4. The first-order valence-corrected chi connectivity index (χ1v) is 13.7. The Morgan fingerprint density at radius 1 is 0.688 bits per heavy atom. The third-order valence-corrected chi connectivity index (χ3v) is 11.0. The zero-order valence-corrected chi connectivity index (χ0v) is 22.4. The van der Waals surface area contributed by atoms with E-state index in [0.717, 1.165) is 0 Å². The van der Waals surface area contributed by atoms with Gasteiger partial charge >= 0.3 is 15.6 Å². The van der Waals surface area contributed by atoms with Crippen molar-refractivity contribution in [1.29, 1.82) is 0 Å². The number of hydrogen-bond donors (Lipinski definition) is 0. The average Bonchev–Trinajstić information content (AvgIpc) is 2.59. The van der Waals surface area contributed by atoms with Crippen molar-refractivity contribution < 1.29 is 36.3 Å². The summed E-state index contributed by atoms with van der Waals surface area (Å²) in [7, 11) is -8.01. The van der Waals surface area contributed by atoms with Gasteiger partial charge in [0.25, 0.3) is 0 Å². The zero-order valence-electron chi connectivity index (χ0n) is 20.6. The Bertz CT molecular complexity index is 891. The Morgan fingerprint density at radius 2 is 1.00 bits per heavy atom. The van der Waals surface area contributed by atoms with Crippen LogP contribution in [-0.2, 0) is 27.2 Å². The molecule has 10 heteroatoms. The van der Waals surface area contributed by atoms with Gasteiger partial charge in [0.2, 0.25) is 0 Å². The smallest absolute Gasteiger partial charge is 0.400 e. The van der Waals surface area contributed by atoms with Crippen molar-refractivity contribution in [2.24, 2.45) is 10.8 Å². The van der Waals surface area contributed by atoms with Crippen molar-refractivity contribution >= 4 is 15.6 Å². The molecule has 2 aliphatic rings. The van der Waals surface area contributed by atoms with E-state index in [1.165, 1.54) is 12.1 Å². The number of benzene rings is 1. The van der Waals surface area contributed by atoms with Crippen molar-refractivity contribution in [3.8, 4) is 11.5 Å². The molecule has 0 saturated carbocycles. The van der Waals surface area contributed by atoms with E-state index in [2.05, 4.69) is 0 Å². The summed E-state index contributed by atoms with van der Waals surface area (Å²) in [6, 6.07) is 6.41. The highest BCUT2D eigenvalue weighted by atomic mass is 31.2. The van der Waals surface area contributed by atoms with Gasteiger partial charge in [-0.2, -0.15) is 0 Å². The monoisotopic (exact) mass is 490 g/mol. The standard InChI is InChI=1S/C22H36O8P2/c1-15-19(3,4)21(7,8)29-31(23,25-15)27-17-13-11-12-14-18(17)28-32(24)26-16(2)20(5,6)22(9,10)30-32/h11-16H,1-10H3/t15-,16+,31?,32?. The Labute approximate surface area is 191 Å². The molecule has 0 aromatic heterocycles. The summed E-state index contributed by atoms with van der Waals surface area (Å²) in [5.74, 6) is 0.104. The van der Waals surface area contributed by atoms with Crippen LogP contribution in [0.4, 0.5) is 0 Å². The molecule has 1 aromatic rings. The van der Waals surface area contributed by atoms with E-state index < -0.39 is 49.9 Å². The van der Waals surface area contributed by atoms with Crippen LogP contribution in [0.3, 0.4) is 0 Å². The highest BCUT2D eigenvalue weighted by molar-refractivity contribution is 7.49. The van der Waals surface area contributed by atoms with Crippen LogP contribution in [0.1, 0.15) is 69.2 Å². The fourth-order valence-electron chi connectivity index (χ4n) is 3.39. The van der Waals surface area contributed by atoms with Crippen LogP contribution >= 0.6 is 15.6 Å². The summed E-state index contributed by atoms with van der Waals surface area (Å²) in [6.07, 6.45) is -0.810. The van der Waals surface area contributed by atoms with E-state index in [1.807, 2.05) is 69.2 Å². The Hall–Kier alpha value is -0.880. The molecule has 182 valence electrons. The second-order valence-corrected chi connectivity index (χ2v) is 13.6. The van der Waals surface area contributed by atoms with Gasteiger partial charge < -0.3 is 9.05 Å². The fourth-order valence-corrected chi connectivity index (χ4v) is 7.31. The summed E-state index contributed by atoms with van der Waals surface area (Å²) in [4.78, 5) is 0. The molecule has 2 unspecified atom stereocenters. The maximum atomic E-state index is 13.4. The summed E-state index contributed by atoms with van der Waals surface area (Å²) >= 11 is 0. The number of hydrogen-bond acceptors (Lipinski definition) is 8. The predicted molar refractivity (Wildman–Crippen MR) is 122 cm³/mol. The minimum atomic E-state index is -4.01. The molecule has 0 bridgehead atoms. The summed E-state index contributed by atoms with van der Waals surface area (Å²) in [6.45, 7) is 19.0. The maximum Gasteiger partial charge on any atom is 0.531 e. The molecule has 0 N–H and O–H groups in total. The Balaban J connectivity index is 1.88. The fraction of sp³-hybridized carbons (Fsp3) is 0.727. The van der Waals surface area contributed by atoms with Gasteiger partial charge in [-0.3, -0.25) is 18.1 Å². The van der Waals surface area contributed by atoms with Crippen LogP contribution in [0, 0.1) is 10.8 Å². The molecule has 8 nitrogen and oxygen atoms in total. The molecule has 4 atom stereocenters. The first kappa shape index (κ1) is 25.7. The molecule has 0 amide bonds. The van der Waals surface area contributed by atoms with Crippen molar-refractivity contribution in [3.63, 3.8) is 0 Å². The van der Waals surface area contributed by atoms with Gasteiger partial charge in [0, 0.05) is 10.8 Å². The Kier molecular flexibility index (Phi) is 6.30. The number of phosphoric ester groups is 2. The molecule has 3 rings (SSSR count). The van der Waals surface area contributed by atoms with Gasteiger partial charge in [0.05, 0.1) is 23.4 Å². The van der Waals surface area contributed by atoms with Crippen molar-refractivity contribution in [3.05, 3.63) is 24.3 Å². The maximum absolute atomic E-state index is 13.4. The average molecular weight is 490 g/mol. The number of phosphoric acid groups is 2. The molecule has 2 aliphatic heterocycles. The topological polar surface area (TPSA) is 89.5 Å². The van der Waals surface area contributed by atoms with E-state index in [1.54, 1.807) is 12.1 Å². The quantitative estimate of drug-likeness (QED) is 0.412. The largest absolute Gasteiger partial charge is 0.531 e. The highest BCUT2D eigenvalue weighted by Gasteiger charge is 2.57. The van der Waals surface area contributed by atoms with E-state index in [4.69, 9.17) is 27.1 Å². The summed E-state index contributed by atoms with van der Waals surface area (Å²) in [5, 5.41) is 0. The minimum Gasteiger partial charge on any atom is -0.400 e. The van der Waals surface area contributed by atoms with Gasteiger partial charge in [-0.15, -0.1) is 0 Å². The van der Waals surface area contributed by atoms with Crippen LogP contribution in [0.15, 0.2) is 24.3 Å². The zero-order chi connectivity index (χ0) is 24.4. The Morgan fingerprint density at radius 3 is 1.28 bits per heavy atom. The van der Waals surface area contributed by atoms with Crippen LogP contribution < -0.4 is 9.05 Å². The lowest BCUT2D eigenvalue weighted by Crippen LogP contribution is -2.52. The molecule has 2 heterocycles. The van der Waals surface area contributed by atoms with Crippen molar-refractivity contribution in [1.82, 2.24) is 0 Å². The van der Waals surface area contributed by atoms with Gasteiger partial charge in [-0.05, 0) is 53.7 Å². The van der Waals surface area contributed by atoms with Gasteiger partial charge in [0.1, 0.15) is 0 Å². The second-order valence-electron chi connectivity index (χ2n) is 10.7. The lowest BCUT2D eigenvalue weighted by atomic mass is 9.73. The van der Waals surface area contributed by atoms with Gasteiger partial charge in [-0.1, -0.05) is 39.8 Å². The second kappa shape index (κ2) is 7.83. The van der Waals surface area contributed by atoms with Crippen molar-refractivity contribution in [2.45, 2.75) is 92.6 Å². The lowest BCUT2D eigenvalue weighted by Gasteiger charge is -2.50. The summed E-state index contributed by atoms with van der Waals surface area (Å²) < 4.78 is 61.4. The third kappa shape index (κ3) is 4.43. The SMILES string of the molecule is C[C@@H]1OP(=O)(Oc2ccccc2OP2(=O)O[C@H](C)C(C)(C)C(C)(C)O2)OC(C)(C)C1(C)C. The highest BCUT2D eigenvalue weighted by Crippen LogP contribution is 2.66. The van der Waals surface area contributed by atoms with E-state index >= 15 is 0 Å². The number of rotatable bonds is 4. The van der Waals surface area contributed by atoms with Gasteiger partial charge in [-0.25, -0.2) is 9.13 Å². The van der Waals surface area contributed by atoms with E-state index in [9.17, 15) is 9.13 Å². The third-order valence-electron chi connectivity index (χ3n) is 7.66. The lowest BCUT2D eigenvalue weighted by molar-refractivity contribution is -0.136. The molecule has 2 fully saturated rings. The molecular formula is C22H36O8P2. The van der Waals surface area contributed by atoms with Crippen LogP contribution in [-0.4, -0.2) is 23.4 Å². The van der Waals surface area contributed by atoms with E-state index in [-0.39, 0.29) is 11.5 Å². The van der Waals surface area contributed by atoms with Crippen LogP contribution in [0.2, 0.25) is 0 Å². The molecule has 0 spiro atoms. The van der Waals surface area contributed by atoms with E-state index in [0.29, 0.717) is 0 Å². The molecule has 32 heavy (non-hydrogen) atoms. The number of para-hydroxylation sites is 2. The molecule has 2 saturated heterocycles.